The highest BCUT2D eigenvalue weighted by Gasteiger charge is 2.48. The van der Waals surface area contributed by atoms with Crippen LogP contribution in [0.2, 0.25) is 0 Å². The standard InChI is InChI=1S/C18H31N3O/c1-18(8-9-19-12-18)21-10-6-13(7-11-21)16-14-4-2-3-5-15(14)20-17(16)22/h13-16,19H,2-12H2,1H3,(H,20,22)/t14-,15-,16?,18?/m0/s1. The molecule has 4 aliphatic rings. The second kappa shape index (κ2) is 5.79. The number of piperidine rings is 1. The molecule has 4 heteroatoms. The van der Waals surface area contributed by atoms with E-state index in [1.165, 1.54) is 58.0 Å². The van der Waals surface area contributed by atoms with Gasteiger partial charge < -0.3 is 10.6 Å². The molecule has 0 radical (unpaired) electrons. The Morgan fingerprint density at radius 3 is 2.64 bits per heavy atom. The van der Waals surface area contributed by atoms with Crippen LogP contribution in [0.3, 0.4) is 0 Å². The number of hydrogen-bond donors (Lipinski definition) is 2. The van der Waals surface area contributed by atoms with Crippen LogP contribution in [0.25, 0.3) is 0 Å². The largest absolute Gasteiger partial charge is 0.353 e. The summed E-state index contributed by atoms with van der Waals surface area (Å²) in [5.74, 6) is 1.97. The fourth-order valence-electron chi connectivity index (χ4n) is 5.68. The van der Waals surface area contributed by atoms with E-state index in [4.69, 9.17) is 0 Å². The molecule has 1 saturated carbocycles. The first-order chi connectivity index (χ1) is 10.7. The van der Waals surface area contributed by atoms with Gasteiger partial charge >= 0.3 is 0 Å². The van der Waals surface area contributed by atoms with Crippen molar-refractivity contribution in [3.63, 3.8) is 0 Å². The zero-order valence-electron chi connectivity index (χ0n) is 13.9. The molecular formula is C18H31N3O. The topological polar surface area (TPSA) is 44.4 Å². The van der Waals surface area contributed by atoms with Crippen LogP contribution in [-0.2, 0) is 4.79 Å². The van der Waals surface area contributed by atoms with Crippen molar-refractivity contribution in [3.05, 3.63) is 0 Å². The lowest BCUT2D eigenvalue weighted by Gasteiger charge is -2.44. The van der Waals surface area contributed by atoms with Crippen LogP contribution in [0.5, 0.6) is 0 Å². The van der Waals surface area contributed by atoms with Crippen molar-refractivity contribution in [3.8, 4) is 0 Å². The first kappa shape index (κ1) is 14.9. The second-order valence-corrected chi connectivity index (χ2v) is 8.34. The zero-order valence-corrected chi connectivity index (χ0v) is 13.9. The lowest BCUT2D eigenvalue weighted by Crippen LogP contribution is -2.52. The van der Waals surface area contributed by atoms with E-state index < -0.39 is 0 Å². The van der Waals surface area contributed by atoms with Gasteiger partial charge in [-0.05, 0) is 70.5 Å². The van der Waals surface area contributed by atoms with Crippen LogP contribution in [0.4, 0.5) is 0 Å². The first-order valence-corrected chi connectivity index (χ1v) is 9.43. The molecule has 4 atom stereocenters. The molecule has 0 aromatic heterocycles. The predicted octanol–water partition coefficient (Wildman–Crippen LogP) is 1.76. The monoisotopic (exact) mass is 305 g/mol. The minimum Gasteiger partial charge on any atom is -0.353 e. The van der Waals surface area contributed by atoms with Crippen LogP contribution in [0, 0.1) is 17.8 Å². The second-order valence-electron chi connectivity index (χ2n) is 8.34. The van der Waals surface area contributed by atoms with E-state index in [0.717, 1.165) is 13.1 Å². The molecule has 3 aliphatic heterocycles. The van der Waals surface area contributed by atoms with Gasteiger partial charge in [0.15, 0.2) is 0 Å². The highest BCUT2D eigenvalue weighted by molar-refractivity contribution is 5.82. The molecule has 3 heterocycles. The summed E-state index contributed by atoms with van der Waals surface area (Å²) >= 11 is 0. The molecule has 2 N–H and O–H groups in total. The Hall–Kier alpha value is -0.610. The summed E-state index contributed by atoms with van der Waals surface area (Å²) in [5, 5.41) is 6.83. The summed E-state index contributed by atoms with van der Waals surface area (Å²) < 4.78 is 0. The summed E-state index contributed by atoms with van der Waals surface area (Å²) in [4.78, 5) is 15.2. The van der Waals surface area contributed by atoms with Crippen molar-refractivity contribution in [2.45, 2.75) is 63.5 Å². The van der Waals surface area contributed by atoms with Crippen LogP contribution in [-0.4, -0.2) is 48.6 Å². The third-order valence-corrected chi connectivity index (χ3v) is 7.07. The molecule has 3 saturated heterocycles. The van der Waals surface area contributed by atoms with Gasteiger partial charge in [0.2, 0.25) is 5.91 Å². The Balaban J connectivity index is 1.40. The van der Waals surface area contributed by atoms with E-state index >= 15 is 0 Å². The van der Waals surface area contributed by atoms with E-state index in [1.807, 2.05) is 0 Å². The SMILES string of the molecule is CC1(N2CCC(C3C(=O)N[C@H]4CCCC[C@H]34)CC2)CCNC1. The zero-order chi connectivity index (χ0) is 15.2. The number of nitrogens with zero attached hydrogens (tertiary/aromatic N) is 1. The molecule has 124 valence electrons. The third-order valence-electron chi connectivity index (χ3n) is 7.07. The van der Waals surface area contributed by atoms with Crippen LogP contribution < -0.4 is 10.6 Å². The summed E-state index contributed by atoms with van der Waals surface area (Å²) in [5.41, 5.74) is 0.357. The van der Waals surface area contributed by atoms with Crippen molar-refractivity contribution in [1.29, 1.82) is 0 Å². The van der Waals surface area contributed by atoms with Gasteiger partial charge in [-0.1, -0.05) is 12.8 Å². The average Bonchev–Trinajstić information content (AvgIpc) is 3.11. The summed E-state index contributed by atoms with van der Waals surface area (Å²) in [7, 11) is 0. The Bertz CT molecular complexity index is 424. The van der Waals surface area contributed by atoms with E-state index in [1.54, 1.807) is 0 Å². The fraction of sp³-hybridized carbons (Fsp3) is 0.944. The molecule has 1 aliphatic carbocycles. The van der Waals surface area contributed by atoms with Crippen LogP contribution in [0.15, 0.2) is 0 Å². The molecular weight excluding hydrogens is 274 g/mol. The third kappa shape index (κ3) is 2.48. The van der Waals surface area contributed by atoms with Gasteiger partial charge in [0, 0.05) is 24.0 Å². The van der Waals surface area contributed by atoms with Gasteiger partial charge in [-0.15, -0.1) is 0 Å². The van der Waals surface area contributed by atoms with E-state index in [0.29, 0.717) is 35.2 Å². The molecule has 22 heavy (non-hydrogen) atoms. The Morgan fingerprint density at radius 2 is 1.91 bits per heavy atom. The summed E-state index contributed by atoms with van der Waals surface area (Å²) in [6, 6.07) is 0.501. The predicted molar refractivity (Wildman–Crippen MR) is 87.6 cm³/mol. The molecule has 4 rings (SSSR count). The maximum atomic E-state index is 12.5. The lowest BCUT2D eigenvalue weighted by molar-refractivity contribution is -0.125. The summed E-state index contributed by atoms with van der Waals surface area (Å²) in [6.07, 6.45) is 8.83. The minimum absolute atomic E-state index is 0.321. The van der Waals surface area contributed by atoms with Crippen molar-refractivity contribution in [2.24, 2.45) is 17.8 Å². The number of carbonyl (C=O) groups is 1. The Labute approximate surface area is 134 Å². The molecule has 2 unspecified atom stereocenters. The van der Waals surface area contributed by atoms with Gasteiger partial charge in [-0.2, -0.15) is 0 Å². The normalized spacial score (nSPS) is 44.0. The van der Waals surface area contributed by atoms with Crippen LogP contribution in [0.1, 0.15) is 51.9 Å². The fourth-order valence-corrected chi connectivity index (χ4v) is 5.68. The van der Waals surface area contributed by atoms with Crippen molar-refractivity contribution in [1.82, 2.24) is 15.5 Å². The number of nitrogens with one attached hydrogen (secondary N) is 2. The van der Waals surface area contributed by atoms with Gasteiger partial charge in [0.25, 0.3) is 0 Å². The molecule has 4 fully saturated rings. The van der Waals surface area contributed by atoms with Gasteiger partial charge in [0.1, 0.15) is 0 Å². The van der Waals surface area contributed by atoms with Crippen molar-refractivity contribution >= 4 is 5.91 Å². The summed E-state index contributed by atoms with van der Waals surface area (Å²) in [6.45, 7) is 7.07. The quantitative estimate of drug-likeness (QED) is 0.817. The number of carbonyl (C=O) groups excluding carboxylic acids is 1. The number of hydrogen-bond acceptors (Lipinski definition) is 3. The van der Waals surface area contributed by atoms with Gasteiger partial charge in [-0.3, -0.25) is 9.69 Å². The van der Waals surface area contributed by atoms with E-state index in [-0.39, 0.29) is 0 Å². The lowest BCUT2D eigenvalue weighted by atomic mass is 9.71. The molecule has 1 amide bonds. The van der Waals surface area contributed by atoms with Crippen molar-refractivity contribution < 1.29 is 4.79 Å². The molecule has 0 bridgehead atoms. The number of fused-ring (bicyclic) bond motifs is 1. The van der Waals surface area contributed by atoms with Gasteiger partial charge in [0.05, 0.1) is 0 Å². The van der Waals surface area contributed by atoms with E-state index in [9.17, 15) is 4.79 Å². The number of likely N-dealkylation sites (tertiary alicyclic amines) is 1. The molecule has 4 nitrogen and oxygen atoms in total. The van der Waals surface area contributed by atoms with Gasteiger partial charge in [-0.25, -0.2) is 0 Å². The Kier molecular flexibility index (Phi) is 3.93. The van der Waals surface area contributed by atoms with E-state index in [2.05, 4.69) is 22.5 Å². The average molecular weight is 305 g/mol. The number of rotatable bonds is 2. The maximum Gasteiger partial charge on any atom is 0.223 e. The van der Waals surface area contributed by atoms with Crippen molar-refractivity contribution in [2.75, 3.05) is 26.2 Å². The molecule has 0 aromatic carbocycles. The first-order valence-electron chi connectivity index (χ1n) is 9.43. The number of amides is 1. The molecule has 0 aromatic rings. The smallest absolute Gasteiger partial charge is 0.223 e. The molecule has 0 spiro atoms. The Morgan fingerprint density at radius 1 is 1.14 bits per heavy atom. The minimum atomic E-state index is 0.321. The highest BCUT2D eigenvalue weighted by Crippen LogP contribution is 2.42. The maximum absolute atomic E-state index is 12.5. The highest BCUT2D eigenvalue weighted by atomic mass is 16.2. The van der Waals surface area contributed by atoms with Crippen LogP contribution >= 0.6 is 0 Å².